The number of nitrogens with two attached hydrogens (primary N) is 1. The van der Waals surface area contributed by atoms with Gasteiger partial charge in [-0.2, -0.15) is 0 Å². The van der Waals surface area contributed by atoms with Crippen molar-refractivity contribution in [3.05, 3.63) is 38.8 Å². The van der Waals surface area contributed by atoms with Crippen molar-refractivity contribution in [3.8, 4) is 0 Å². The van der Waals surface area contributed by atoms with Crippen LogP contribution in [0.15, 0.2) is 23.2 Å². The minimum Gasteiger partial charge on any atom is -0.397 e. The minimum atomic E-state index is -3.69. The van der Waals surface area contributed by atoms with Gasteiger partial charge in [-0.25, -0.2) is 18.1 Å². The SMILES string of the molecule is Cc1cnc(C(C)NS(=O)(=O)c2cc(N)c(Cl)cc2C)s1. The summed E-state index contributed by atoms with van der Waals surface area (Å²) in [5.74, 6) is 0. The quantitative estimate of drug-likeness (QED) is 0.834. The highest BCUT2D eigenvalue weighted by atomic mass is 35.5. The van der Waals surface area contributed by atoms with Crippen LogP contribution in [0.25, 0.3) is 0 Å². The van der Waals surface area contributed by atoms with Crippen molar-refractivity contribution < 1.29 is 8.42 Å². The zero-order valence-corrected chi connectivity index (χ0v) is 14.2. The number of nitrogens with one attached hydrogen (secondary N) is 1. The summed E-state index contributed by atoms with van der Waals surface area (Å²) < 4.78 is 27.6. The van der Waals surface area contributed by atoms with Crippen LogP contribution in [0.5, 0.6) is 0 Å². The zero-order chi connectivity index (χ0) is 15.8. The summed E-state index contributed by atoms with van der Waals surface area (Å²) >= 11 is 7.35. The molecule has 2 rings (SSSR count). The Balaban J connectivity index is 2.32. The molecule has 21 heavy (non-hydrogen) atoms. The first-order valence-electron chi connectivity index (χ1n) is 6.21. The Kier molecular flexibility index (Phi) is 4.57. The lowest BCUT2D eigenvalue weighted by Crippen LogP contribution is -2.27. The van der Waals surface area contributed by atoms with E-state index in [2.05, 4.69) is 9.71 Å². The van der Waals surface area contributed by atoms with E-state index in [0.717, 1.165) is 9.88 Å². The summed E-state index contributed by atoms with van der Waals surface area (Å²) in [6.45, 7) is 5.36. The molecule has 1 aromatic carbocycles. The van der Waals surface area contributed by atoms with Crippen LogP contribution >= 0.6 is 22.9 Å². The summed E-state index contributed by atoms with van der Waals surface area (Å²) in [7, 11) is -3.69. The number of nitrogens with zero attached hydrogens (tertiary/aromatic N) is 1. The van der Waals surface area contributed by atoms with Crippen molar-refractivity contribution in [2.24, 2.45) is 0 Å². The van der Waals surface area contributed by atoms with Gasteiger partial charge in [-0.3, -0.25) is 0 Å². The summed E-state index contributed by atoms with van der Waals surface area (Å²) in [6, 6.07) is 2.51. The Hall–Kier alpha value is -1.15. The molecule has 0 bridgehead atoms. The van der Waals surface area contributed by atoms with Crippen LogP contribution in [-0.2, 0) is 10.0 Å². The van der Waals surface area contributed by atoms with Crippen LogP contribution in [-0.4, -0.2) is 13.4 Å². The van der Waals surface area contributed by atoms with Gasteiger partial charge in [0, 0.05) is 11.1 Å². The average molecular weight is 346 g/mol. The topological polar surface area (TPSA) is 85.1 Å². The Morgan fingerprint density at radius 1 is 1.38 bits per heavy atom. The fraction of sp³-hybridized carbons (Fsp3) is 0.308. The Morgan fingerprint density at radius 2 is 2.05 bits per heavy atom. The van der Waals surface area contributed by atoms with Crippen LogP contribution in [0.1, 0.15) is 28.4 Å². The second-order valence-electron chi connectivity index (χ2n) is 4.79. The molecule has 0 radical (unpaired) electrons. The number of thiazole rings is 1. The van der Waals surface area contributed by atoms with E-state index in [4.69, 9.17) is 17.3 Å². The number of aromatic nitrogens is 1. The van der Waals surface area contributed by atoms with E-state index in [1.807, 2.05) is 6.92 Å². The third-order valence-electron chi connectivity index (χ3n) is 2.93. The van der Waals surface area contributed by atoms with Crippen LogP contribution in [0.2, 0.25) is 5.02 Å². The molecular formula is C13H16ClN3O2S2. The highest BCUT2D eigenvalue weighted by molar-refractivity contribution is 7.89. The van der Waals surface area contributed by atoms with E-state index in [-0.39, 0.29) is 10.6 Å². The molecule has 0 saturated heterocycles. The van der Waals surface area contributed by atoms with Crippen LogP contribution in [0.4, 0.5) is 5.69 Å². The minimum absolute atomic E-state index is 0.129. The highest BCUT2D eigenvalue weighted by Gasteiger charge is 2.22. The molecule has 3 N–H and O–H groups in total. The molecule has 1 atom stereocenters. The van der Waals surface area contributed by atoms with Crippen molar-refractivity contribution in [2.75, 3.05) is 5.73 Å². The predicted molar refractivity (Wildman–Crippen MR) is 86.2 cm³/mol. The van der Waals surface area contributed by atoms with Crippen molar-refractivity contribution in [1.82, 2.24) is 9.71 Å². The van der Waals surface area contributed by atoms with Gasteiger partial charge in [0.15, 0.2) is 0 Å². The average Bonchev–Trinajstić information content (AvgIpc) is 2.80. The standard InChI is InChI=1S/C13H16ClN3O2S2/c1-7-4-10(14)11(15)5-12(7)21(18,19)17-9(3)13-16-6-8(2)20-13/h4-6,9,17H,15H2,1-3H3. The molecule has 0 spiro atoms. The predicted octanol–water partition coefficient (Wildman–Crippen LogP) is 3.04. The Morgan fingerprint density at radius 3 is 2.62 bits per heavy atom. The van der Waals surface area contributed by atoms with Crippen molar-refractivity contribution in [2.45, 2.75) is 31.7 Å². The zero-order valence-electron chi connectivity index (χ0n) is 11.8. The molecule has 1 heterocycles. The van der Waals surface area contributed by atoms with Gasteiger partial charge in [0.25, 0.3) is 0 Å². The lowest BCUT2D eigenvalue weighted by molar-refractivity contribution is 0.566. The van der Waals surface area contributed by atoms with Gasteiger partial charge in [0.05, 0.1) is 21.6 Å². The number of anilines is 1. The van der Waals surface area contributed by atoms with E-state index in [1.54, 1.807) is 26.1 Å². The molecule has 0 saturated carbocycles. The molecular weight excluding hydrogens is 330 g/mol. The molecule has 1 aromatic heterocycles. The molecule has 0 amide bonds. The molecule has 5 nitrogen and oxygen atoms in total. The molecule has 2 aromatic rings. The number of halogens is 1. The second kappa shape index (κ2) is 5.92. The lowest BCUT2D eigenvalue weighted by Gasteiger charge is -2.14. The number of rotatable bonds is 4. The van der Waals surface area contributed by atoms with E-state index in [1.165, 1.54) is 17.4 Å². The third-order valence-corrected chi connectivity index (χ3v) is 6.03. The lowest BCUT2D eigenvalue weighted by atomic mass is 10.2. The van der Waals surface area contributed by atoms with Gasteiger partial charge >= 0.3 is 0 Å². The summed E-state index contributed by atoms with van der Waals surface area (Å²) in [6.07, 6.45) is 1.72. The number of benzene rings is 1. The van der Waals surface area contributed by atoms with E-state index < -0.39 is 16.1 Å². The second-order valence-corrected chi connectivity index (χ2v) is 8.15. The van der Waals surface area contributed by atoms with E-state index in [9.17, 15) is 8.42 Å². The smallest absolute Gasteiger partial charge is 0.241 e. The Bertz CT molecular complexity index is 772. The van der Waals surface area contributed by atoms with Gasteiger partial charge in [0.1, 0.15) is 5.01 Å². The molecule has 114 valence electrons. The number of aryl methyl sites for hydroxylation is 2. The largest absolute Gasteiger partial charge is 0.397 e. The van der Waals surface area contributed by atoms with Crippen LogP contribution < -0.4 is 10.5 Å². The van der Waals surface area contributed by atoms with E-state index >= 15 is 0 Å². The number of nitrogen functional groups attached to an aromatic ring is 1. The molecule has 0 aliphatic heterocycles. The van der Waals surface area contributed by atoms with E-state index in [0.29, 0.717) is 10.6 Å². The monoisotopic (exact) mass is 345 g/mol. The first kappa shape index (κ1) is 16.2. The fourth-order valence-corrected chi connectivity index (χ4v) is 4.42. The first-order chi connectivity index (χ1) is 9.70. The van der Waals surface area contributed by atoms with Gasteiger partial charge < -0.3 is 5.73 Å². The van der Waals surface area contributed by atoms with Gasteiger partial charge in [-0.05, 0) is 38.5 Å². The van der Waals surface area contributed by atoms with Crippen molar-refractivity contribution in [3.63, 3.8) is 0 Å². The number of hydrogen-bond acceptors (Lipinski definition) is 5. The maximum Gasteiger partial charge on any atom is 0.241 e. The van der Waals surface area contributed by atoms with Gasteiger partial charge in [-0.1, -0.05) is 11.6 Å². The molecule has 0 fully saturated rings. The molecule has 1 unspecified atom stereocenters. The van der Waals surface area contributed by atoms with Gasteiger partial charge in [0.2, 0.25) is 10.0 Å². The summed E-state index contributed by atoms with van der Waals surface area (Å²) in [4.78, 5) is 5.35. The molecule has 0 aliphatic rings. The molecule has 8 heteroatoms. The van der Waals surface area contributed by atoms with Gasteiger partial charge in [-0.15, -0.1) is 11.3 Å². The van der Waals surface area contributed by atoms with Crippen LogP contribution in [0, 0.1) is 13.8 Å². The molecule has 0 aliphatic carbocycles. The third kappa shape index (κ3) is 3.55. The maximum absolute atomic E-state index is 12.5. The first-order valence-corrected chi connectivity index (χ1v) is 8.88. The fourth-order valence-electron chi connectivity index (χ4n) is 1.88. The number of hydrogen-bond donors (Lipinski definition) is 2. The normalized spacial score (nSPS) is 13.3. The van der Waals surface area contributed by atoms with Crippen LogP contribution in [0.3, 0.4) is 0 Å². The summed E-state index contributed by atoms with van der Waals surface area (Å²) in [5.41, 5.74) is 6.48. The van der Waals surface area contributed by atoms with Crippen molar-refractivity contribution >= 4 is 38.6 Å². The maximum atomic E-state index is 12.5. The number of sulfonamides is 1. The Labute approximate surface area is 133 Å². The summed E-state index contributed by atoms with van der Waals surface area (Å²) in [5, 5.41) is 1.06. The van der Waals surface area contributed by atoms with Crippen molar-refractivity contribution in [1.29, 1.82) is 0 Å². The highest BCUT2D eigenvalue weighted by Crippen LogP contribution is 2.27.